The number of carbonyl (C=O) groups is 1. The van der Waals surface area contributed by atoms with Gasteiger partial charge in [0.1, 0.15) is 11.6 Å². The van der Waals surface area contributed by atoms with Crippen molar-refractivity contribution in [2.24, 2.45) is 0 Å². The quantitative estimate of drug-likeness (QED) is 0.822. The second-order valence-electron chi connectivity index (χ2n) is 4.40. The lowest BCUT2D eigenvalue weighted by Crippen LogP contribution is -2.35. The lowest BCUT2D eigenvalue weighted by molar-refractivity contribution is 0.0959. The third-order valence-corrected chi connectivity index (χ3v) is 3.07. The molecule has 0 aliphatic carbocycles. The lowest BCUT2D eigenvalue weighted by Gasteiger charge is -2.22. The zero-order valence-corrected chi connectivity index (χ0v) is 9.51. The fraction of sp³-hybridized carbons (Fsp3) is 0.462. The van der Waals surface area contributed by atoms with Gasteiger partial charge in [0.2, 0.25) is 0 Å². The van der Waals surface area contributed by atoms with Crippen LogP contribution in [0.3, 0.4) is 0 Å². The lowest BCUT2D eigenvalue weighted by atomic mass is 9.97. The Morgan fingerprint density at radius 2 is 2.18 bits per heavy atom. The number of hydrogen-bond acceptors (Lipinski definition) is 2. The molecule has 1 aliphatic heterocycles. The van der Waals surface area contributed by atoms with Gasteiger partial charge in [-0.25, -0.2) is 8.78 Å². The van der Waals surface area contributed by atoms with E-state index in [-0.39, 0.29) is 23.8 Å². The van der Waals surface area contributed by atoms with Crippen LogP contribution < -0.4 is 5.32 Å². The van der Waals surface area contributed by atoms with Crippen molar-refractivity contribution in [1.82, 2.24) is 5.32 Å². The summed E-state index contributed by atoms with van der Waals surface area (Å²) >= 11 is 0. The highest BCUT2D eigenvalue weighted by molar-refractivity contribution is 5.96. The SMILES string of the molecule is O=C(CC1CCCCN1)c1cc(F)ccc1F. The van der Waals surface area contributed by atoms with E-state index in [0.717, 1.165) is 44.0 Å². The predicted molar refractivity (Wildman–Crippen MR) is 60.9 cm³/mol. The van der Waals surface area contributed by atoms with Gasteiger partial charge in [0.15, 0.2) is 5.78 Å². The molecule has 92 valence electrons. The summed E-state index contributed by atoms with van der Waals surface area (Å²) in [5, 5.41) is 3.22. The molecule has 0 spiro atoms. The zero-order valence-electron chi connectivity index (χ0n) is 9.51. The monoisotopic (exact) mass is 239 g/mol. The molecule has 0 radical (unpaired) electrons. The molecule has 0 bridgehead atoms. The van der Waals surface area contributed by atoms with Crippen LogP contribution in [0.2, 0.25) is 0 Å². The van der Waals surface area contributed by atoms with E-state index in [1.54, 1.807) is 0 Å². The normalized spacial score (nSPS) is 20.2. The maximum atomic E-state index is 13.4. The average molecular weight is 239 g/mol. The van der Waals surface area contributed by atoms with Gasteiger partial charge < -0.3 is 5.32 Å². The highest BCUT2D eigenvalue weighted by Crippen LogP contribution is 2.16. The zero-order chi connectivity index (χ0) is 12.3. The Balaban J connectivity index is 2.05. The van der Waals surface area contributed by atoms with E-state index in [9.17, 15) is 13.6 Å². The van der Waals surface area contributed by atoms with Gasteiger partial charge in [-0.3, -0.25) is 4.79 Å². The molecule has 1 atom stereocenters. The van der Waals surface area contributed by atoms with Crippen LogP contribution in [0.15, 0.2) is 18.2 Å². The van der Waals surface area contributed by atoms with Crippen molar-refractivity contribution in [1.29, 1.82) is 0 Å². The summed E-state index contributed by atoms with van der Waals surface area (Å²) in [4.78, 5) is 11.8. The number of rotatable bonds is 3. The van der Waals surface area contributed by atoms with Gasteiger partial charge in [0.05, 0.1) is 5.56 Å². The summed E-state index contributed by atoms with van der Waals surface area (Å²) in [6.07, 6.45) is 3.35. The fourth-order valence-electron chi connectivity index (χ4n) is 2.14. The number of carbonyl (C=O) groups excluding carboxylic acids is 1. The van der Waals surface area contributed by atoms with Gasteiger partial charge in [0.25, 0.3) is 0 Å². The number of Topliss-reactive ketones (excluding diaryl/α,β-unsaturated/α-hetero) is 1. The van der Waals surface area contributed by atoms with Crippen molar-refractivity contribution in [3.8, 4) is 0 Å². The molecule has 1 aromatic carbocycles. The third-order valence-electron chi connectivity index (χ3n) is 3.07. The first-order chi connectivity index (χ1) is 8.16. The second kappa shape index (κ2) is 5.36. The molecule has 1 unspecified atom stereocenters. The van der Waals surface area contributed by atoms with Crippen LogP contribution in [0, 0.1) is 11.6 Å². The van der Waals surface area contributed by atoms with Crippen LogP contribution in [0.5, 0.6) is 0 Å². The summed E-state index contributed by atoms with van der Waals surface area (Å²) in [5.41, 5.74) is -0.141. The fourth-order valence-corrected chi connectivity index (χ4v) is 2.14. The molecule has 0 saturated carbocycles. The Bertz CT molecular complexity index is 414. The van der Waals surface area contributed by atoms with Crippen LogP contribution in [0.25, 0.3) is 0 Å². The molecule has 1 N–H and O–H groups in total. The van der Waals surface area contributed by atoms with E-state index in [0.29, 0.717) is 0 Å². The highest BCUT2D eigenvalue weighted by atomic mass is 19.1. The first-order valence-electron chi connectivity index (χ1n) is 5.88. The number of nitrogens with one attached hydrogen (secondary N) is 1. The predicted octanol–water partition coefficient (Wildman–Crippen LogP) is 2.68. The first kappa shape index (κ1) is 12.2. The van der Waals surface area contributed by atoms with E-state index in [2.05, 4.69) is 5.32 Å². The molecule has 1 aliphatic rings. The smallest absolute Gasteiger partial charge is 0.167 e. The van der Waals surface area contributed by atoms with Gasteiger partial charge in [-0.1, -0.05) is 6.42 Å². The topological polar surface area (TPSA) is 29.1 Å². The summed E-state index contributed by atoms with van der Waals surface area (Å²) in [6, 6.07) is 3.08. The van der Waals surface area contributed by atoms with E-state index in [1.807, 2.05) is 0 Å². The average Bonchev–Trinajstić information content (AvgIpc) is 2.33. The van der Waals surface area contributed by atoms with Crippen LogP contribution >= 0.6 is 0 Å². The standard InChI is InChI=1S/C13H15F2NO/c14-9-4-5-12(15)11(7-9)13(17)8-10-3-1-2-6-16-10/h4-5,7,10,16H,1-3,6,8H2. The van der Waals surface area contributed by atoms with Gasteiger partial charge in [-0.2, -0.15) is 0 Å². The minimum absolute atomic E-state index is 0.0962. The van der Waals surface area contributed by atoms with Crippen molar-refractivity contribution < 1.29 is 13.6 Å². The Labute approximate surface area is 99.0 Å². The Kier molecular flexibility index (Phi) is 3.84. The van der Waals surface area contributed by atoms with Crippen LogP contribution in [-0.4, -0.2) is 18.4 Å². The molecular formula is C13H15F2NO. The summed E-state index contributed by atoms with van der Waals surface area (Å²) in [6.45, 7) is 0.892. The molecule has 1 heterocycles. The minimum atomic E-state index is -0.646. The van der Waals surface area contributed by atoms with Crippen molar-refractivity contribution >= 4 is 5.78 Å². The molecular weight excluding hydrogens is 224 g/mol. The minimum Gasteiger partial charge on any atom is -0.314 e. The molecule has 1 aromatic rings. The van der Waals surface area contributed by atoms with Crippen LogP contribution in [0.1, 0.15) is 36.0 Å². The van der Waals surface area contributed by atoms with E-state index in [1.165, 1.54) is 0 Å². The van der Waals surface area contributed by atoms with Gasteiger partial charge in [-0.05, 0) is 37.6 Å². The second-order valence-corrected chi connectivity index (χ2v) is 4.40. The molecule has 0 aromatic heterocycles. The van der Waals surface area contributed by atoms with Crippen molar-refractivity contribution in [3.05, 3.63) is 35.4 Å². The van der Waals surface area contributed by atoms with Crippen molar-refractivity contribution in [2.45, 2.75) is 31.7 Å². The largest absolute Gasteiger partial charge is 0.314 e. The number of benzene rings is 1. The Morgan fingerprint density at radius 3 is 2.88 bits per heavy atom. The molecule has 4 heteroatoms. The van der Waals surface area contributed by atoms with Crippen molar-refractivity contribution in [2.75, 3.05) is 6.54 Å². The molecule has 17 heavy (non-hydrogen) atoms. The number of hydrogen-bond donors (Lipinski definition) is 1. The van der Waals surface area contributed by atoms with E-state index in [4.69, 9.17) is 0 Å². The molecule has 2 rings (SSSR count). The summed E-state index contributed by atoms with van der Waals surface area (Å²) in [7, 11) is 0. The molecule has 0 amide bonds. The Morgan fingerprint density at radius 1 is 1.35 bits per heavy atom. The number of piperidine rings is 1. The molecule has 1 saturated heterocycles. The maximum Gasteiger partial charge on any atom is 0.167 e. The summed E-state index contributed by atoms with van der Waals surface area (Å²) < 4.78 is 26.3. The van der Waals surface area contributed by atoms with Crippen LogP contribution in [-0.2, 0) is 0 Å². The Hall–Kier alpha value is -1.29. The number of ketones is 1. The van der Waals surface area contributed by atoms with E-state index < -0.39 is 11.6 Å². The molecule has 2 nitrogen and oxygen atoms in total. The van der Waals surface area contributed by atoms with Gasteiger partial charge >= 0.3 is 0 Å². The van der Waals surface area contributed by atoms with Crippen molar-refractivity contribution in [3.63, 3.8) is 0 Å². The van der Waals surface area contributed by atoms with Crippen LogP contribution in [0.4, 0.5) is 8.78 Å². The van der Waals surface area contributed by atoms with Gasteiger partial charge in [0, 0.05) is 12.5 Å². The van der Waals surface area contributed by atoms with Gasteiger partial charge in [-0.15, -0.1) is 0 Å². The first-order valence-corrected chi connectivity index (χ1v) is 5.88. The number of halogens is 2. The highest BCUT2D eigenvalue weighted by Gasteiger charge is 2.19. The van der Waals surface area contributed by atoms with E-state index >= 15 is 0 Å². The molecule has 1 fully saturated rings. The summed E-state index contributed by atoms with van der Waals surface area (Å²) in [5.74, 6) is -1.56. The third kappa shape index (κ3) is 3.09. The maximum absolute atomic E-state index is 13.4.